The zero-order chi connectivity index (χ0) is 19.8. The van der Waals surface area contributed by atoms with Crippen molar-refractivity contribution in [2.24, 2.45) is 11.8 Å². The number of rotatable bonds is 7. The van der Waals surface area contributed by atoms with E-state index in [1.807, 2.05) is 0 Å². The average Bonchev–Trinajstić information content (AvgIpc) is 3.64. The molecule has 0 spiro atoms. The van der Waals surface area contributed by atoms with Crippen LogP contribution >= 0.6 is 0 Å². The van der Waals surface area contributed by atoms with Crippen molar-refractivity contribution in [2.45, 2.75) is 88.2 Å². The first-order valence-corrected chi connectivity index (χ1v) is 11.0. The lowest BCUT2D eigenvalue weighted by atomic mass is 9.88. The molecule has 0 bridgehead atoms. The SMILES string of the molecule is O=C(CCC(=O)OC1COC(C2CCC3OC3C2)OC1)OCC1CCC2OC2C1. The second-order valence-electron chi connectivity index (χ2n) is 9.01. The van der Waals surface area contributed by atoms with Crippen molar-refractivity contribution in [1.82, 2.24) is 0 Å². The highest BCUT2D eigenvalue weighted by atomic mass is 16.7. The predicted molar refractivity (Wildman–Crippen MR) is 97.8 cm³/mol. The van der Waals surface area contributed by atoms with Crippen molar-refractivity contribution >= 4 is 11.9 Å². The van der Waals surface area contributed by atoms with Gasteiger partial charge in [-0.3, -0.25) is 9.59 Å². The van der Waals surface area contributed by atoms with Crippen LogP contribution in [0.3, 0.4) is 0 Å². The van der Waals surface area contributed by atoms with Gasteiger partial charge < -0.3 is 28.4 Å². The zero-order valence-electron chi connectivity index (χ0n) is 16.7. The summed E-state index contributed by atoms with van der Waals surface area (Å²) in [6.45, 7) is 1.08. The third-order valence-corrected chi connectivity index (χ3v) is 6.75. The summed E-state index contributed by atoms with van der Waals surface area (Å²) in [4.78, 5) is 23.9. The molecule has 5 rings (SSSR count). The van der Waals surface area contributed by atoms with Crippen LogP contribution in [-0.2, 0) is 38.0 Å². The largest absolute Gasteiger partial charge is 0.465 e. The predicted octanol–water partition coefficient (Wildman–Crippen LogP) is 1.73. The summed E-state index contributed by atoms with van der Waals surface area (Å²) in [5, 5.41) is 0. The Morgan fingerprint density at radius 1 is 0.793 bits per heavy atom. The maximum Gasteiger partial charge on any atom is 0.306 e. The molecule has 2 saturated carbocycles. The Labute approximate surface area is 170 Å². The summed E-state index contributed by atoms with van der Waals surface area (Å²) >= 11 is 0. The third kappa shape index (κ3) is 5.10. The fourth-order valence-electron chi connectivity index (χ4n) is 4.89. The van der Waals surface area contributed by atoms with Crippen LogP contribution in [0.2, 0.25) is 0 Å². The van der Waals surface area contributed by atoms with E-state index in [4.69, 9.17) is 28.4 Å². The van der Waals surface area contributed by atoms with Gasteiger partial charge in [-0.15, -0.1) is 0 Å². The normalized spacial score (nSPS) is 42.9. The van der Waals surface area contributed by atoms with E-state index in [1.54, 1.807) is 0 Å². The van der Waals surface area contributed by atoms with Gasteiger partial charge in [0.15, 0.2) is 6.29 Å². The van der Waals surface area contributed by atoms with E-state index in [1.165, 1.54) is 0 Å². The number of ether oxygens (including phenoxy) is 6. The highest BCUT2D eigenvalue weighted by Crippen LogP contribution is 2.42. The van der Waals surface area contributed by atoms with Crippen molar-refractivity contribution in [1.29, 1.82) is 0 Å². The summed E-state index contributed by atoms with van der Waals surface area (Å²) in [5.41, 5.74) is 0. The zero-order valence-corrected chi connectivity index (χ0v) is 16.7. The molecule has 3 saturated heterocycles. The molecule has 0 aromatic rings. The van der Waals surface area contributed by atoms with Gasteiger partial charge in [-0.1, -0.05) is 0 Å². The fraction of sp³-hybridized carbons (Fsp3) is 0.905. The minimum absolute atomic E-state index is 0.0142. The molecule has 0 aromatic heterocycles. The quantitative estimate of drug-likeness (QED) is 0.463. The molecule has 162 valence electrons. The lowest BCUT2D eigenvalue weighted by Crippen LogP contribution is -2.42. The number of hydrogen-bond acceptors (Lipinski definition) is 8. The van der Waals surface area contributed by atoms with Crippen molar-refractivity contribution in [3.8, 4) is 0 Å². The van der Waals surface area contributed by atoms with E-state index in [0.717, 1.165) is 38.5 Å². The lowest BCUT2D eigenvalue weighted by Gasteiger charge is -2.34. The Hall–Kier alpha value is -1.22. The van der Waals surface area contributed by atoms with Crippen LogP contribution in [0.5, 0.6) is 0 Å². The minimum atomic E-state index is -0.420. The molecule has 2 aliphatic carbocycles. The van der Waals surface area contributed by atoms with Crippen LogP contribution in [0, 0.1) is 11.8 Å². The highest BCUT2D eigenvalue weighted by molar-refractivity contribution is 5.77. The molecular formula is C21H30O8. The Balaban J connectivity index is 0.939. The number of epoxide rings is 2. The highest BCUT2D eigenvalue weighted by Gasteiger charge is 2.47. The van der Waals surface area contributed by atoms with Crippen LogP contribution in [0.4, 0.5) is 0 Å². The summed E-state index contributed by atoms with van der Waals surface area (Å²) in [5.74, 6) is -0.0429. The van der Waals surface area contributed by atoms with E-state index in [0.29, 0.717) is 56.1 Å². The maximum atomic E-state index is 12.0. The molecule has 0 aromatic carbocycles. The molecule has 0 amide bonds. The van der Waals surface area contributed by atoms with Gasteiger partial charge in [0.25, 0.3) is 0 Å². The number of hydrogen-bond donors (Lipinski definition) is 0. The van der Waals surface area contributed by atoms with Gasteiger partial charge in [0.05, 0.1) is 57.1 Å². The second kappa shape index (κ2) is 8.49. The Bertz CT molecular complexity index is 616. The fourth-order valence-corrected chi connectivity index (χ4v) is 4.89. The molecule has 0 radical (unpaired) electrons. The standard InChI is InChI=1S/C21H30O8/c22-19(24-9-12-1-3-15-17(7-12)28-15)5-6-20(23)27-14-10-25-21(26-11-14)13-2-4-16-18(8-13)29-16/h12-18,21H,1-11H2. The van der Waals surface area contributed by atoms with Gasteiger partial charge >= 0.3 is 11.9 Å². The average molecular weight is 410 g/mol. The topological polar surface area (TPSA) is 96.1 Å². The summed E-state index contributed by atoms with van der Waals surface area (Å²) in [6, 6.07) is 0. The van der Waals surface area contributed by atoms with Crippen molar-refractivity contribution in [3.05, 3.63) is 0 Å². The summed E-state index contributed by atoms with van der Waals surface area (Å²) in [7, 11) is 0. The van der Waals surface area contributed by atoms with Crippen LogP contribution in [0.1, 0.15) is 51.4 Å². The van der Waals surface area contributed by atoms with E-state index in [2.05, 4.69) is 0 Å². The minimum Gasteiger partial charge on any atom is -0.465 e. The molecular weight excluding hydrogens is 380 g/mol. The first kappa shape index (κ1) is 19.7. The van der Waals surface area contributed by atoms with Crippen molar-refractivity contribution in [2.75, 3.05) is 19.8 Å². The molecule has 0 N–H and O–H groups in total. The molecule has 5 aliphatic rings. The van der Waals surface area contributed by atoms with E-state index < -0.39 is 12.1 Å². The van der Waals surface area contributed by atoms with Gasteiger partial charge in [0.1, 0.15) is 6.10 Å². The maximum absolute atomic E-state index is 12.0. The Morgan fingerprint density at radius 2 is 1.48 bits per heavy atom. The van der Waals surface area contributed by atoms with Gasteiger partial charge in [0.2, 0.25) is 0 Å². The first-order chi connectivity index (χ1) is 14.1. The van der Waals surface area contributed by atoms with Gasteiger partial charge in [-0.2, -0.15) is 0 Å². The van der Waals surface area contributed by atoms with Crippen LogP contribution < -0.4 is 0 Å². The van der Waals surface area contributed by atoms with Gasteiger partial charge in [-0.25, -0.2) is 0 Å². The van der Waals surface area contributed by atoms with Crippen molar-refractivity contribution < 1.29 is 38.0 Å². The van der Waals surface area contributed by atoms with Crippen LogP contribution in [0.25, 0.3) is 0 Å². The number of carbonyl (C=O) groups excluding carboxylic acids is 2. The van der Waals surface area contributed by atoms with E-state index >= 15 is 0 Å². The van der Waals surface area contributed by atoms with Crippen LogP contribution in [-0.4, -0.2) is 68.6 Å². The molecule has 6 atom stereocenters. The third-order valence-electron chi connectivity index (χ3n) is 6.75. The molecule has 3 heterocycles. The number of carbonyl (C=O) groups is 2. The Morgan fingerprint density at radius 3 is 2.21 bits per heavy atom. The number of fused-ring (bicyclic) bond motifs is 2. The van der Waals surface area contributed by atoms with E-state index in [9.17, 15) is 9.59 Å². The molecule has 29 heavy (non-hydrogen) atoms. The van der Waals surface area contributed by atoms with E-state index in [-0.39, 0.29) is 25.1 Å². The smallest absolute Gasteiger partial charge is 0.306 e. The number of esters is 2. The molecule has 6 unspecified atom stereocenters. The second-order valence-corrected chi connectivity index (χ2v) is 9.01. The monoisotopic (exact) mass is 410 g/mol. The summed E-state index contributed by atoms with van der Waals surface area (Å²) < 4.78 is 33.3. The van der Waals surface area contributed by atoms with Crippen LogP contribution in [0.15, 0.2) is 0 Å². The summed E-state index contributed by atoms with van der Waals surface area (Å²) in [6.07, 6.45) is 7.22. The molecule has 3 aliphatic heterocycles. The Kier molecular flexibility index (Phi) is 5.78. The molecule has 8 nitrogen and oxygen atoms in total. The van der Waals surface area contributed by atoms with Gasteiger partial charge in [0, 0.05) is 5.92 Å². The first-order valence-electron chi connectivity index (χ1n) is 11.0. The molecule has 5 fully saturated rings. The lowest BCUT2D eigenvalue weighted by molar-refractivity contribution is -0.246. The van der Waals surface area contributed by atoms with Crippen molar-refractivity contribution in [3.63, 3.8) is 0 Å². The molecule has 8 heteroatoms. The van der Waals surface area contributed by atoms with Gasteiger partial charge in [-0.05, 0) is 44.4 Å².